The number of allylic oxidation sites excluding steroid dienone is 1. The van der Waals surface area contributed by atoms with Crippen LogP contribution >= 0.6 is 0 Å². The van der Waals surface area contributed by atoms with Crippen molar-refractivity contribution >= 4 is 5.97 Å². The summed E-state index contributed by atoms with van der Waals surface area (Å²) in [5, 5.41) is 0. The third-order valence-corrected chi connectivity index (χ3v) is 4.40. The van der Waals surface area contributed by atoms with E-state index in [-0.39, 0.29) is 5.97 Å². The SMILES string of the molecule is CC(C)=CCOC(=O)CCCCCCCCCCCCCC(C)C. The van der Waals surface area contributed by atoms with Crippen LogP contribution in [0.25, 0.3) is 0 Å². The van der Waals surface area contributed by atoms with Crippen LogP contribution < -0.4 is 0 Å². The summed E-state index contributed by atoms with van der Waals surface area (Å²) in [5.74, 6) is 0.814. The molecule has 0 atom stereocenters. The molecule has 142 valence electrons. The summed E-state index contributed by atoms with van der Waals surface area (Å²) < 4.78 is 5.15. The number of carbonyl (C=O) groups is 1. The first-order valence-electron chi connectivity index (χ1n) is 10.3. The van der Waals surface area contributed by atoms with Crippen LogP contribution in [0.2, 0.25) is 0 Å². The molecular formula is C22H42O2. The molecule has 2 nitrogen and oxygen atoms in total. The van der Waals surface area contributed by atoms with E-state index < -0.39 is 0 Å². The van der Waals surface area contributed by atoms with E-state index in [0.29, 0.717) is 13.0 Å². The number of unbranched alkanes of at least 4 members (excludes halogenated alkanes) is 10. The highest BCUT2D eigenvalue weighted by atomic mass is 16.5. The molecule has 0 rings (SSSR count). The molecule has 0 aromatic heterocycles. The average molecular weight is 339 g/mol. The van der Waals surface area contributed by atoms with Gasteiger partial charge in [0.15, 0.2) is 0 Å². The Balaban J connectivity index is 3.17. The minimum atomic E-state index is -0.0510. The highest BCUT2D eigenvalue weighted by Gasteiger charge is 2.01. The third-order valence-electron chi connectivity index (χ3n) is 4.40. The van der Waals surface area contributed by atoms with E-state index in [1.807, 2.05) is 19.9 Å². The van der Waals surface area contributed by atoms with Crippen LogP contribution in [-0.2, 0) is 9.53 Å². The summed E-state index contributed by atoms with van der Waals surface area (Å²) >= 11 is 0. The zero-order valence-corrected chi connectivity index (χ0v) is 16.9. The monoisotopic (exact) mass is 338 g/mol. The lowest BCUT2D eigenvalue weighted by Gasteiger charge is -2.05. The van der Waals surface area contributed by atoms with Crippen molar-refractivity contribution in [3.63, 3.8) is 0 Å². The Hall–Kier alpha value is -0.790. The van der Waals surface area contributed by atoms with Gasteiger partial charge in [0.2, 0.25) is 0 Å². The van der Waals surface area contributed by atoms with Crippen LogP contribution in [-0.4, -0.2) is 12.6 Å². The second-order valence-corrected chi connectivity index (χ2v) is 7.79. The van der Waals surface area contributed by atoms with Crippen LogP contribution in [0.3, 0.4) is 0 Å². The minimum Gasteiger partial charge on any atom is -0.461 e. The molecule has 0 aliphatic carbocycles. The molecule has 0 N–H and O–H groups in total. The predicted octanol–water partition coefficient (Wildman–Crippen LogP) is 7.22. The summed E-state index contributed by atoms with van der Waals surface area (Å²) in [4.78, 5) is 11.5. The Morgan fingerprint density at radius 3 is 1.71 bits per heavy atom. The highest BCUT2D eigenvalue weighted by molar-refractivity contribution is 5.69. The highest BCUT2D eigenvalue weighted by Crippen LogP contribution is 2.14. The molecule has 0 spiro atoms. The molecule has 0 bridgehead atoms. The van der Waals surface area contributed by atoms with E-state index in [1.54, 1.807) is 0 Å². The topological polar surface area (TPSA) is 26.3 Å². The fourth-order valence-electron chi connectivity index (χ4n) is 2.79. The molecule has 0 aliphatic heterocycles. The maximum absolute atomic E-state index is 11.5. The zero-order valence-electron chi connectivity index (χ0n) is 16.9. The molecule has 0 aliphatic rings. The van der Waals surface area contributed by atoms with Crippen LogP contribution in [0.5, 0.6) is 0 Å². The molecule has 2 heteroatoms. The second-order valence-electron chi connectivity index (χ2n) is 7.79. The van der Waals surface area contributed by atoms with Crippen molar-refractivity contribution in [2.75, 3.05) is 6.61 Å². The maximum Gasteiger partial charge on any atom is 0.306 e. The minimum absolute atomic E-state index is 0.0510. The van der Waals surface area contributed by atoms with E-state index in [1.165, 1.54) is 69.8 Å². The smallest absolute Gasteiger partial charge is 0.306 e. The Labute approximate surface area is 151 Å². The summed E-state index contributed by atoms with van der Waals surface area (Å²) in [7, 11) is 0. The van der Waals surface area contributed by atoms with Crippen molar-refractivity contribution in [2.24, 2.45) is 5.92 Å². The Morgan fingerprint density at radius 2 is 1.25 bits per heavy atom. The molecule has 0 heterocycles. The van der Waals surface area contributed by atoms with Gasteiger partial charge in [0, 0.05) is 6.42 Å². The quantitative estimate of drug-likeness (QED) is 0.169. The molecule has 0 saturated heterocycles. The molecule has 0 saturated carbocycles. The molecule has 0 fully saturated rings. The van der Waals surface area contributed by atoms with Gasteiger partial charge in [-0.15, -0.1) is 0 Å². The molecule has 0 aromatic rings. The van der Waals surface area contributed by atoms with Crippen molar-refractivity contribution < 1.29 is 9.53 Å². The van der Waals surface area contributed by atoms with Gasteiger partial charge >= 0.3 is 5.97 Å². The second kappa shape index (κ2) is 17.0. The van der Waals surface area contributed by atoms with Crippen LogP contribution in [0.4, 0.5) is 0 Å². The van der Waals surface area contributed by atoms with Crippen LogP contribution in [0.1, 0.15) is 111 Å². The summed E-state index contributed by atoms with van der Waals surface area (Å²) in [5.41, 5.74) is 1.19. The van der Waals surface area contributed by atoms with E-state index in [0.717, 1.165) is 18.8 Å². The first kappa shape index (κ1) is 23.2. The van der Waals surface area contributed by atoms with Crippen molar-refractivity contribution in [3.05, 3.63) is 11.6 Å². The molecule has 0 amide bonds. The van der Waals surface area contributed by atoms with Crippen molar-refractivity contribution in [3.8, 4) is 0 Å². The Morgan fingerprint density at radius 1 is 0.792 bits per heavy atom. The molecule has 24 heavy (non-hydrogen) atoms. The zero-order chi connectivity index (χ0) is 18.0. The fourth-order valence-corrected chi connectivity index (χ4v) is 2.79. The lowest BCUT2D eigenvalue weighted by Crippen LogP contribution is -2.04. The van der Waals surface area contributed by atoms with Gasteiger partial charge < -0.3 is 4.74 Å². The first-order valence-corrected chi connectivity index (χ1v) is 10.3. The number of hydrogen-bond donors (Lipinski definition) is 0. The van der Waals surface area contributed by atoms with Gasteiger partial charge in [0.25, 0.3) is 0 Å². The maximum atomic E-state index is 11.5. The van der Waals surface area contributed by atoms with Crippen molar-refractivity contribution in [1.82, 2.24) is 0 Å². The molecular weight excluding hydrogens is 296 g/mol. The van der Waals surface area contributed by atoms with Crippen molar-refractivity contribution in [1.29, 1.82) is 0 Å². The molecule has 0 radical (unpaired) electrons. The normalized spacial score (nSPS) is 10.9. The summed E-state index contributed by atoms with van der Waals surface area (Å²) in [6, 6.07) is 0. The van der Waals surface area contributed by atoms with E-state index >= 15 is 0 Å². The van der Waals surface area contributed by atoms with E-state index in [2.05, 4.69) is 13.8 Å². The van der Waals surface area contributed by atoms with Crippen LogP contribution in [0.15, 0.2) is 11.6 Å². The van der Waals surface area contributed by atoms with Gasteiger partial charge in [0.1, 0.15) is 6.61 Å². The van der Waals surface area contributed by atoms with Crippen molar-refractivity contribution in [2.45, 2.75) is 111 Å². The summed E-state index contributed by atoms with van der Waals surface area (Å²) in [6.07, 6.45) is 18.4. The number of carbonyl (C=O) groups excluding carboxylic acids is 1. The van der Waals surface area contributed by atoms with Gasteiger partial charge in [-0.05, 0) is 32.3 Å². The lowest BCUT2D eigenvalue weighted by atomic mass is 10.0. The van der Waals surface area contributed by atoms with Gasteiger partial charge in [-0.1, -0.05) is 90.0 Å². The lowest BCUT2D eigenvalue weighted by molar-refractivity contribution is -0.142. The van der Waals surface area contributed by atoms with Crippen LogP contribution in [0, 0.1) is 5.92 Å². The van der Waals surface area contributed by atoms with Gasteiger partial charge in [0.05, 0.1) is 0 Å². The number of hydrogen-bond acceptors (Lipinski definition) is 2. The van der Waals surface area contributed by atoms with E-state index in [9.17, 15) is 4.79 Å². The Kier molecular flexibility index (Phi) is 16.5. The molecule has 0 aromatic carbocycles. The Bertz CT molecular complexity index is 314. The number of rotatable bonds is 16. The third kappa shape index (κ3) is 19.3. The largest absolute Gasteiger partial charge is 0.461 e. The van der Waals surface area contributed by atoms with Gasteiger partial charge in [-0.3, -0.25) is 4.79 Å². The average Bonchev–Trinajstić information content (AvgIpc) is 2.51. The fraction of sp³-hybridized carbons (Fsp3) is 0.864. The van der Waals surface area contributed by atoms with Gasteiger partial charge in [-0.25, -0.2) is 0 Å². The predicted molar refractivity (Wildman–Crippen MR) is 105 cm³/mol. The summed E-state index contributed by atoms with van der Waals surface area (Å²) in [6.45, 7) is 9.08. The van der Waals surface area contributed by atoms with Gasteiger partial charge in [-0.2, -0.15) is 0 Å². The van der Waals surface area contributed by atoms with E-state index in [4.69, 9.17) is 4.74 Å². The number of ether oxygens (including phenoxy) is 1. The number of esters is 1. The standard InChI is InChI=1S/C22H42O2/c1-20(2)16-14-12-10-8-6-5-7-9-11-13-15-17-22(23)24-19-18-21(3)4/h18,20H,5-17,19H2,1-4H3. The first-order chi connectivity index (χ1) is 11.5. The molecule has 0 unspecified atom stereocenters.